The second-order valence-corrected chi connectivity index (χ2v) is 1.43. The van der Waals surface area contributed by atoms with Crippen molar-refractivity contribution >= 4 is 6.08 Å². The highest BCUT2D eigenvalue weighted by atomic mass is 16.5. The lowest BCUT2D eigenvalue weighted by Gasteiger charge is -1.89. The van der Waals surface area contributed by atoms with Crippen LogP contribution in [0.2, 0.25) is 0 Å². The van der Waals surface area contributed by atoms with Crippen LogP contribution in [0.1, 0.15) is 0 Å². The Labute approximate surface area is 59.7 Å². The molecular weight excluding hydrogens is 130 g/mol. The molecule has 0 aromatic carbocycles. The quantitative estimate of drug-likeness (QED) is 0.188. The fourth-order valence-corrected chi connectivity index (χ4v) is 0.325. The van der Waals surface area contributed by atoms with Gasteiger partial charge < -0.3 is 4.74 Å². The molecule has 0 saturated carbocycles. The van der Waals surface area contributed by atoms with Gasteiger partial charge in [-0.15, -0.1) is 0 Å². The van der Waals surface area contributed by atoms with Crippen LogP contribution in [-0.2, 0) is 9.53 Å². The Morgan fingerprint density at radius 1 is 1.70 bits per heavy atom. The molecule has 0 unspecified atom stereocenters. The molecule has 3 heteroatoms. The maximum atomic E-state index is 9.51. The van der Waals surface area contributed by atoms with Gasteiger partial charge in [-0.25, -0.2) is 9.79 Å². The molecule has 0 aliphatic heterocycles. The summed E-state index contributed by atoms with van der Waals surface area (Å²) >= 11 is 0. The monoisotopic (exact) mass is 139 g/mol. The molecule has 0 bridgehead atoms. The third-order valence-electron chi connectivity index (χ3n) is 0.668. The minimum atomic E-state index is 0.320. The summed E-state index contributed by atoms with van der Waals surface area (Å²) in [4.78, 5) is 12.8. The van der Waals surface area contributed by atoms with E-state index in [1.807, 2.05) is 0 Å². The lowest BCUT2D eigenvalue weighted by Crippen LogP contribution is -1.79. The molecule has 54 valence electrons. The van der Waals surface area contributed by atoms with Crippen LogP contribution in [0.25, 0.3) is 0 Å². The van der Waals surface area contributed by atoms with Crippen molar-refractivity contribution in [2.24, 2.45) is 4.99 Å². The van der Waals surface area contributed by atoms with Crippen LogP contribution in [0, 0.1) is 0 Å². The highest BCUT2D eigenvalue weighted by Crippen LogP contribution is 1.78. The van der Waals surface area contributed by atoms with Crippen LogP contribution in [0.15, 0.2) is 30.0 Å². The predicted octanol–water partition coefficient (Wildman–Crippen LogP) is 1.04. The Bertz CT molecular complexity index is 157. The smallest absolute Gasteiger partial charge is 0.235 e. The van der Waals surface area contributed by atoms with E-state index < -0.39 is 0 Å². The van der Waals surface area contributed by atoms with Gasteiger partial charge in [-0.05, 0) is 6.08 Å². The Hall–Kier alpha value is -1.34. The minimum Gasteiger partial charge on any atom is -0.497 e. The second kappa shape index (κ2) is 7.66. The molecule has 0 saturated heterocycles. The van der Waals surface area contributed by atoms with Gasteiger partial charge in [0.2, 0.25) is 6.08 Å². The summed E-state index contributed by atoms with van der Waals surface area (Å²) in [6.07, 6.45) is 6.13. The van der Waals surface area contributed by atoms with E-state index in [1.165, 1.54) is 12.3 Å². The SMILES string of the molecule is C=CCOC=CCN=C=O. The van der Waals surface area contributed by atoms with Crippen molar-refractivity contribution in [3.8, 4) is 0 Å². The maximum Gasteiger partial charge on any atom is 0.235 e. The average Bonchev–Trinajstić information content (AvgIpc) is 1.97. The minimum absolute atomic E-state index is 0.320. The highest BCUT2D eigenvalue weighted by Gasteiger charge is 1.71. The van der Waals surface area contributed by atoms with Crippen LogP contribution in [0.5, 0.6) is 0 Å². The van der Waals surface area contributed by atoms with Gasteiger partial charge in [0.05, 0.1) is 12.8 Å². The third-order valence-corrected chi connectivity index (χ3v) is 0.668. The van der Waals surface area contributed by atoms with Crippen LogP contribution in [0.3, 0.4) is 0 Å². The molecule has 0 amide bonds. The van der Waals surface area contributed by atoms with E-state index in [0.717, 1.165) is 0 Å². The first-order valence-electron chi connectivity index (χ1n) is 2.83. The van der Waals surface area contributed by atoms with Crippen LogP contribution in [-0.4, -0.2) is 19.2 Å². The third kappa shape index (κ3) is 6.66. The maximum absolute atomic E-state index is 9.51. The molecule has 0 rings (SSSR count). The van der Waals surface area contributed by atoms with E-state index in [2.05, 4.69) is 11.6 Å². The predicted molar refractivity (Wildman–Crippen MR) is 38.3 cm³/mol. The first kappa shape index (κ1) is 8.66. The Balaban J connectivity index is 3.19. The number of ether oxygens (including phenoxy) is 1. The lowest BCUT2D eigenvalue weighted by atomic mass is 10.6. The fraction of sp³-hybridized carbons (Fsp3) is 0.286. The zero-order valence-electron chi connectivity index (χ0n) is 5.62. The fourth-order valence-electron chi connectivity index (χ4n) is 0.325. The molecule has 0 atom stereocenters. The summed E-state index contributed by atoms with van der Waals surface area (Å²) in [5.74, 6) is 0. The van der Waals surface area contributed by atoms with Crippen LogP contribution >= 0.6 is 0 Å². The summed E-state index contributed by atoms with van der Waals surface area (Å²) in [7, 11) is 0. The topological polar surface area (TPSA) is 38.7 Å². The van der Waals surface area contributed by atoms with Crippen molar-refractivity contribution < 1.29 is 9.53 Å². The summed E-state index contributed by atoms with van der Waals surface area (Å²) in [5, 5.41) is 0. The van der Waals surface area contributed by atoms with E-state index in [9.17, 15) is 4.79 Å². The molecule has 10 heavy (non-hydrogen) atoms. The van der Waals surface area contributed by atoms with E-state index in [-0.39, 0.29) is 0 Å². The number of hydrogen-bond acceptors (Lipinski definition) is 3. The first-order valence-corrected chi connectivity index (χ1v) is 2.83. The molecule has 0 radical (unpaired) electrons. The second-order valence-electron chi connectivity index (χ2n) is 1.43. The molecule has 0 N–H and O–H groups in total. The number of nitrogens with zero attached hydrogens (tertiary/aromatic N) is 1. The number of isocyanates is 1. The van der Waals surface area contributed by atoms with Gasteiger partial charge in [-0.3, -0.25) is 0 Å². The molecule has 0 aliphatic carbocycles. The van der Waals surface area contributed by atoms with Crippen molar-refractivity contribution in [3.63, 3.8) is 0 Å². The van der Waals surface area contributed by atoms with Crippen molar-refractivity contribution in [1.82, 2.24) is 0 Å². The normalized spacial score (nSPS) is 8.80. The van der Waals surface area contributed by atoms with Gasteiger partial charge in [0.1, 0.15) is 6.61 Å². The van der Waals surface area contributed by atoms with Gasteiger partial charge in [0.15, 0.2) is 0 Å². The van der Waals surface area contributed by atoms with Gasteiger partial charge in [-0.1, -0.05) is 12.7 Å². The Kier molecular flexibility index (Phi) is 6.63. The summed E-state index contributed by atoms with van der Waals surface area (Å²) < 4.78 is 4.84. The van der Waals surface area contributed by atoms with Crippen molar-refractivity contribution in [2.75, 3.05) is 13.2 Å². The first-order chi connectivity index (χ1) is 4.91. The number of hydrogen-bond donors (Lipinski definition) is 0. The van der Waals surface area contributed by atoms with Crippen molar-refractivity contribution in [2.45, 2.75) is 0 Å². The average molecular weight is 139 g/mol. The van der Waals surface area contributed by atoms with E-state index in [0.29, 0.717) is 13.2 Å². The number of rotatable bonds is 5. The largest absolute Gasteiger partial charge is 0.497 e. The molecule has 3 nitrogen and oxygen atoms in total. The molecule has 0 heterocycles. The van der Waals surface area contributed by atoms with E-state index >= 15 is 0 Å². The standard InChI is InChI=1S/C7H9NO2/c1-2-5-10-6-3-4-8-7-9/h2-3,6H,1,4-5H2. The van der Waals surface area contributed by atoms with Gasteiger partial charge >= 0.3 is 0 Å². The molecular formula is C7H9NO2. The Morgan fingerprint density at radius 3 is 3.10 bits per heavy atom. The van der Waals surface area contributed by atoms with Crippen LogP contribution in [0.4, 0.5) is 0 Å². The molecule has 0 aliphatic rings. The molecule has 0 aromatic rings. The van der Waals surface area contributed by atoms with Crippen molar-refractivity contribution in [1.29, 1.82) is 0 Å². The highest BCUT2D eigenvalue weighted by molar-refractivity contribution is 5.33. The summed E-state index contributed by atoms with van der Waals surface area (Å²) in [6, 6.07) is 0. The summed E-state index contributed by atoms with van der Waals surface area (Å²) in [5.41, 5.74) is 0. The zero-order chi connectivity index (χ0) is 7.66. The number of aliphatic imine (C=N–C) groups is 1. The summed E-state index contributed by atoms with van der Waals surface area (Å²) in [6.45, 7) is 4.24. The molecule has 0 fully saturated rings. The van der Waals surface area contributed by atoms with Gasteiger partial charge in [-0.2, -0.15) is 0 Å². The van der Waals surface area contributed by atoms with Gasteiger partial charge in [0.25, 0.3) is 0 Å². The van der Waals surface area contributed by atoms with E-state index in [1.54, 1.807) is 12.2 Å². The van der Waals surface area contributed by atoms with Crippen LogP contribution < -0.4 is 0 Å². The lowest BCUT2D eigenvalue weighted by molar-refractivity contribution is 0.289. The molecule has 0 aromatic heterocycles. The zero-order valence-corrected chi connectivity index (χ0v) is 5.62. The number of carbonyl (C=O) groups excluding carboxylic acids is 1. The van der Waals surface area contributed by atoms with E-state index in [4.69, 9.17) is 4.74 Å². The van der Waals surface area contributed by atoms with Gasteiger partial charge in [0, 0.05) is 0 Å². The Morgan fingerprint density at radius 2 is 2.50 bits per heavy atom. The molecule has 0 spiro atoms. The van der Waals surface area contributed by atoms with Crippen molar-refractivity contribution in [3.05, 3.63) is 25.0 Å².